The van der Waals surface area contributed by atoms with Crippen LogP contribution in [0.5, 0.6) is 5.75 Å². The van der Waals surface area contributed by atoms with E-state index in [1.807, 2.05) is 48.5 Å². The predicted molar refractivity (Wildman–Crippen MR) is 124 cm³/mol. The SMILES string of the molecule is CCCCCCCCCCCCCCCc1cccc(O)c1.[Li+].[Li+].c1ccccc1. The van der Waals surface area contributed by atoms with Gasteiger partial charge < -0.3 is 5.11 Å². The molecular weight excluding hydrogens is 354 g/mol. The number of rotatable bonds is 14. The number of aryl methyl sites for hydroxylation is 1. The quantitative estimate of drug-likeness (QED) is 0.385. The minimum absolute atomic E-state index is 0. The number of phenols is 1. The molecule has 0 aliphatic heterocycles. The molecule has 0 aliphatic carbocycles. The molecule has 3 heteroatoms. The maximum atomic E-state index is 9.42. The fraction of sp³-hybridized carbons (Fsp3) is 0.556. The van der Waals surface area contributed by atoms with Crippen molar-refractivity contribution in [2.24, 2.45) is 0 Å². The van der Waals surface area contributed by atoms with Gasteiger partial charge in [-0.1, -0.05) is 133 Å². The number of phenolic OH excluding ortho intramolecular Hbond substituents is 1. The van der Waals surface area contributed by atoms with E-state index >= 15 is 0 Å². The van der Waals surface area contributed by atoms with Gasteiger partial charge in [-0.2, -0.15) is 0 Å². The van der Waals surface area contributed by atoms with Crippen molar-refractivity contribution in [3.63, 3.8) is 0 Å². The molecule has 0 saturated heterocycles. The van der Waals surface area contributed by atoms with Gasteiger partial charge in [0.2, 0.25) is 0 Å². The number of benzene rings is 2. The van der Waals surface area contributed by atoms with Crippen LogP contribution in [0.4, 0.5) is 0 Å². The molecule has 0 aromatic heterocycles. The van der Waals surface area contributed by atoms with E-state index in [-0.39, 0.29) is 37.7 Å². The smallest absolute Gasteiger partial charge is 0.508 e. The molecule has 0 saturated carbocycles. The maximum absolute atomic E-state index is 9.42. The van der Waals surface area contributed by atoms with Crippen molar-refractivity contribution >= 4 is 0 Å². The first kappa shape index (κ1) is 31.6. The van der Waals surface area contributed by atoms with Crippen LogP contribution in [-0.4, -0.2) is 5.11 Å². The van der Waals surface area contributed by atoms with Crippen LogP contribution in [0.25, 0.3) is 0 Å². The topological polar surface area (TPSA) is 20.2 Å². The van der Waals surface area contributed by atoms with Gasteiger partial charge in [-0.05, 0) is 30.5 Å². The average Bonchev–Trinajstić information content (AvgIpc) is 2.73. The van der Waals surface area contributed by atoms with E-state index in [4.69, 9.17) is 0 Å². The van der Waals surface area contributed by atoms with Crippen LogP contribution in [0.1, 0.15) is 96.0 Å². The van der Waals surface area contributed by atoms with Gasteiger partial charge in [0.15, 0.2) is 0 Å². The first-order chi connectivity index (χ1) is 13.8. The Labute approximate surface area is 210 Å². The Bertz CT molecular complexity index is 533. The van der Waals surface area contributed by atoms with Crippen LogP contribution in [-0.2, 0) is 6.42 Å². The van der Waals surface area contributed by atoms with Crippen LogP contribution in [0.15, 0.2) is 60.7 Å². The second-order valence-electron chi connectivity index (χ2n) is 7.82. The third-order valence-electron chi connectivity index (χ3n) is 5.15. The van der Waals surface area contributed by atoms with Gasteiger partial charge in [0.05, 0.1) is 0 Å². The molecular formula is C27H42Li2O+2. The fourth-order valence-corrected chi connectivity index (χ4v) is 3.44. The van der Waals surface area contributed by atoms with Crippen LogP contribution >= 0.6 is 0 Å². The van der Waals surface area contributed by atoms with E-state index in [1.54, 1.807) is 6.07 Å². The maximum Gasteiger partial charge on any atom is 1.00 e. The minimum atomic E-state index is 0. The Morgan fingerprint density at radius 1 is 0.533 bits per heavy atom. The van der Waals surface area contributed by atoms with Crippen molar-refractivity contribution in [2.75, 3.05) is 0 Å². The van der Waals surface area contributed by atoms with E-state index in [2.05, 4.69) is 13.0 Å². The van der Waals surface area contributed by atoms with Gasteiger partial charge in [-0.15, -0.1) is 0 Å². The summed E-state index contributed by atoms with van der Waals surface area (Å²) in [5.41, 5.74) is 1.27. The Hall–Kier alpha value is -0.565. The summed E-state index contributed by atoms with van der Waals surface area (Å²) in [5.74, 6) is 0.396. The molecule has 0 heterocycles. The van der Waals surface area contributed by atoms with Crippen molar-refractivity contribution in [1.82, 2.24) is 0 Å². The monoisotopic (exact) mass is 396 g/mol. The fourth-order valence-electron chi connectivity index (χ4n) is 3.44. The van der Waals surface area contributed by atoms with Crippen molar-refractivity contribution in [3.8, 4) is 5.75 Å². The third-order valence-corrected chi connectivity index (χ3v) is 5.15. The summed E-state index contributed by atoms with van der Waals surface area (Å²) >= 11 is 0. The van der Waals surface area contributed by atoms with Crippen LogP contribution in [0.3, 0.4) is 0 Å². The molecule has 1 nitrogen and oxygen atoms in total. The first-order valence-electron chi connectivity index (χ1n) is 11.6. The van der Waals surface area contributed by atoms with Crippen LogP contribution < -0.4 is 37.7 Å². The summed E-state index contributed by atoms with van der Waals surface area (Å²) in [5, 5.41) is 9.42. The van der Waals surface area contributed by atoms with Gasteiger partial charge in [-0.3, -0.25) is 0 Å². The van der Waals surface area contributed by atoms with Crippen molar-refractivity contribution in [3.05, 3.63) is 66.2 Å². The summed E-state index contributed by atoms with van der Waals surface area (Å²) in [6, 6.07) is 19.7. The predicted octanol–water partition coefficient (Wildman–Crippen LogP) is 2.72. The molecule has 0 spiro atoms. The van der Waals surface area contributed by atoms with Gasteiger partial charge in [-0.25, -0.2) is 0 Å². The zero-order chi connectivity index (χ0) is 20.1. The Balaban J connectivity index is 0. The molecule has 0 fully saturated rings. The second kappa shape index (κ2) is 24.7. The molecule has 2 rings (SSSR count). The molecule has 0 radical (unpaired) electrons. The normalized spacial score (nSPS) is 9.63. The van der Waals surface area contributed by atoms with Gasteiger partial charge in [0.1, 0.15) is 5.75 Å². The van der Waals surface area contributed by atoms with E-state index in [0.29, 0.717) is 5.75 Å². The van der Waals surface area contributed by atoms with Gasteiger partial charge in [0, 0.05) is 0 Å². The molecule has 30 heavy (non-hydrogen) atoms. The number of hydrogen-bond donors (Lipinski definition) is 1. The Morgan fingerprint density at radius 3 is 1.33 bits per heavy atom. The summed E-state index contributed by atoms with van der Waals surface area (Å²) < 4.78 is 0. The second-order valence-corrected chi connectivity index (χ2v) is 7.82. The average molecular weight is 397 g/mol. The van der Waals surface area contributed by atoms with E-state index in [9.17, 15) is 5.11 Å². The molecule has 0 unspecified atom stereocenters. The number of hydrogen-bond acceptors (Lipinski definition) is 1. The van der Waals surface area contributed by atoms with E-state index in [0.717, 1.165) is 6.42 Å². The molecule has 2 aromatic rings. The van der Waals surface area contributed by atoms with Crippen molar-refractivity contribution in [2.45, 2.75) is 96.8 Å². The number of aromatic hydroxyl groups is 1. The van der Waals surface area contributed by atoms with E-state index in [1.165, 1.54) is 89.0 Å². The van der Waals surface area contributed by atoms with Gasteiger partial charge in [0.25, 0.3) is 0 Å². The van der Waals surface area contributed by atoms with Gasteiger partial charge >= 0.3 is 37.7 Å². The number of unbranched alkanes of at least 4 members (excludes halogenated alkanes) is 12. The zero-order valence-electron chi connectivity index (χ0n) is 20.1. The Kier molecular flexibility index (Phi) is 26.0. The standard InChI is InChI=1S/C21H36O.C6H6.2Li/c1-2-3-4-5-6-7-8-9-10-11-12-13-14-16-20-17-15-18-21(22)19-20;1-2-4-6-5-3-1;;/h15,17-19,22H,2-14,16H2,1H3;1-6H;;/q;;2*+1. The third kappa shape index (κ3) is 20.7. The molecule has 2 aromatic carbocycles. The summed E-state index contributed by atoms with van der Waals surface area (Å²) in [6.07, 6.45) is 19.3. The summed E-state index contributed by atoms with van der Waals surface area (Å²) in [6.45, 7) is 2.28. The molecule has 0 aliphatic rings. The first-order valence-corrected chi connectivity index (χ1v) is 11.6. The van der Waals surface area contributed by atoms with Crippen molar-refractivity contribution < 1.29 is 42.8 Å². The largest absolute Gasteiger partial charge is 1.00 e. The molecule has 156 valence electrons. The summed E-state index contributed by atoms with van der Waals surface area (Å²) in [7, 11) is 0. The molecule has 1 N–H and O–H groups in total. The van der Waals surface area contributed by atoms with E-state index < -0.39 is 0 Å². The molecule has 0 amide bonds. The van der Waals surface area contributed by atoms with Crippen molar-refractivity contribution in [1.29, 1.82) is 0 Å². The minimum Gasteiger partial charge on any atom is -0.508 e. The van der Waals surface area contributed by atoms with Crippen LogP contribution in [0, 0.1) is 0 Å². The molecule has 0 bridgehead atoms. The van der Waals surface area contributed by atoms with Crippen LogP contribution in [0.2, 0.25) is 0 Å². The zero-order valence-corrected chi connectivity index (χ0v) is 20.1. The Morgan fingerprint density at radius 2 is 0.933 bits per heavy atom. The summed E-state index contributed by atoms with van der Waals surface area (Å²) in [4.78, 5) is 0. The molecule has 0 atom stereocenters.